The van der Waals surface area contributed by atoms with Gasteiger partial charge in [-0.05, 0) is 13.0 Å². The van der Waals surface area contributed by atoms with E-state index in [2.05, 4.69) is 4.98 Å². The van der Waals surface area contributed by atoms with Crippen LogP contribution < -0.4 is 5.69 Å². The molecule has 0 aliphatic rings. The third-order valence-electron chi connectivity index (χ3n) is 3.93. The summed E-state index contributed by atoms with van der Waals surface area (Å²) in [6.45, 7) is 1.79. The van der Waals surface area contributed by atoms with Gasteiger partial charge in [0.2, 0.25) is 0 Å². The largest absolute Gasteiger partial charge is 0.504 e. The van der Waals surface area contributed by atoms with Crippen molar-refractivity contribution in [2.24, 2.45) is 0 Å². The highest BCUT2D eigenvalue weighted by Crippen LogP contribution is 2.30. The topological polar surface area (TPSA) is 124 Å². The molecule has 3 rings (SSSR count). The Kier molecular flexibility index (Phi) is 5.19. The number of aromatic nitrogens is 2. The van der Waals surface area contributed by atoms with E-state index in [1.54, 1.807) is 31.2 Å². The SMILES string of the molecule is Cc1nc(=O)n(CCC(=O)c2ccccc2)c2cc(O)c(O)cc12.O. The summed E-state index contributed by atoms with van der Waals surface area (Å²) in [6.07, 6.45) is 0.130. The fourth-order valence-corrected chi connectivity index (χ4v) is 2.64. The number of hydrogen-bond donors (Lipinski definition) is 2. The van der Waals surface area contributed by atoms with Crippen molar-refractivity contribution in [3.63, 3.8) is 0 Å². The molecule has 4 N–H and O–H groups in total. The van der Waals surface area contributed by atoms with E-state index in [0.29, 0.717) is 22.2 Å². The molecule has 25 heavy (non-hydrogen) atoms. The predicted molar refractivity (Wildman–Crippen MR) is 93.1 cm³/mol. The van der Waals surface area contributed by atoms with Crippen molar-refractivity contribution in [1.29, 1.82) is 0 Å². The van der Waals surface area contributed by atoms with E-state index >= 15 is 0 Å². The van der Waals surface area contributed by atoms with Gasteiger partial charge in [0.25, 0.3) is 0 Å². The number of hydrogen-bond acceptors (Lipinski definition) is 5. The summed E-state index contributed by atoms with van der Waals surface area (Å²) >= 11 is 0. The van der Waals surface area contributed by atoms with E-state index in [1.165, 1.54) is 16.7 Å². The van der Waals surface area contributed by atoms with Gasteiger partial charge in [-0.3, -0.25) is 9.36 Å². The zero-order valence-electron chi connectivity index (χ0n) is 13.6. The minimum Gasteiger partial charge on any atom is -0.504 e. The van der Waals surface area contributed by atoms with Crippen LogP contribution in [0, 0.1) is 6.92 Å². The zero-order valence-corrected chi connectivity index (χ0v) is 13.6. The summed E-state index contributed by atoms with van der Waals surface area (Å²) in [5, 5.41) is 19.9. The van der Waals surface area contributed by atoms with Crippen LogP contribution >= 0.6 is 0 Å². The van der Waals surface area contributed by atoms with Crippen LogP contribution in [0.25, 0.3) is 10.9 Å². The van der Waals surface area contributed by atoms with Gasteiger partial charge < -0.3 is 15.7 Å². The highest BCUT2D eigenvalue weighted by atomic mass is 16.3. The van der Waals surface area contributed by atoms with Crippen LogP contribution in [-0.2, 0) is 6.54 Å². The molecule has 3 aromatic rings. The van der Waals surface area contributed by atoms with E-state index in [1.807, 2.05) is 6.07 Å². The lowest BCUT2D eigenvalue weighted by Crippen LogP contribution is -2.25. The van der Waals surface area contributed by atoms with Crippen molar-refractivity contribution in [3.8, 4) is 11.5 Å². The highest BCUT2D eigenvalue weighted by Gasteiger charge is 2.13. The molecule has 0 bridgehead atoms. The third-order valence-corrected chi connectivity index (χ3v) is 3.93. The summed E-state index contributed by atoms with van der Waals surface area (Å²) in [4.78, 5) is 28.4. The molecule has 1 heterocycles. The van der Waals surface area contributed by atoms with Gasteiger partial charge >= 0.3 is 5.69 Å². The van der Waals surface area contributed by atoms with Crippen LogP contribution in [0.1, 0.15) is 22.5 Å². The molecule has 1 aromatic heterocycles. The smallest absolute Gasteiger partial charge is 0.348 e. The number of ketones is 1. The van der Waals surface area contributed by atoms with Gasteiger partial charge in [-0.1, -0.05) is 30.3 Å². The van der Waals surface area contributed by atoms with E-state index in [9.17, 15) is 19.8 Å². The van der Waals surface area contributed by atoms with Gasteiger partial charge in [0.05, 0.1) is 11.2 Å². The highest BCUT2D eigenvalue weighted by molar-refractivity contribution is 5.96. The first kappa shape index (κ1) is 18.2. The Balaban J connectivity index is 0.00000225. The number of benzene rings is 2. The van der Waals surface area contributed by atoms with Crippen molar-refractivity contribution >= 4 is 16.7 Å². The molecular formula is C18H18N2O5. The van der Waals surface area contributed by atoms with Crippen LogP contribution in [0.5, 0.6) is 11.5 Å². The Morgan fingerprint density at radius 2 is 1.76 bits per heavy atom. The van der Waals surface area contributed by atoms with Crippen molar-refractivity contribution in [3.05, 3.63) is 64.2 Å². The lowest BCUT2D eigenvalue weighted by atomic mass is 10.1. The summed E-state index contributed by atoms with van der Waals surface area (Å²) < 4.78 is 1.34. The molecule has 0 amide bonds. The number of aromatic hydroxyl groups is 2. The summed E-state index contributed by atoms with van der Waals surface area (Å²) in [6, 6.07) is 11.5. The summed E-state index contributed by atoms with van der Waals surface area (Å²) in [5.41, 5.74) is 0.973. The quantitative estimate of drug-likeness (QED) is 0.550. The molecule has 0 atom stereocenters. The van der Waals surface area contributed by atoms with Gasteiger partial charge in [0.1, 0.15) is 0 Å². The van der Waals surface area contributed by atoms with Crippen molar-refractivity contribution in [1.82, 2.24) is 9.55 Å². The summed E-state index contributed by atoms with van der Waals surface area (Å²) in [5.74, 6) is -0.687. The molecule has 130 valence electrons. The maximum Gasteiger partial charge on any atom is 0.348 e. The Hall–Kier alpha value is -3.19. The van der Waals surface area contributed by atoms with Crippen LogP contribution in [0.15, 0.2) is 47.3 Å². The normalized spacial score (nSPS) is 10.4. The number of phenolic OH excluding ortho intramolecular Hbond substituents is 2. The second kappa shape index (κ2) is 7.14. The monoisotopic (exact) mass is 342 g/mol. The molecule has 0 unspecified atom stereocenters. The molecule has 0 fully saturated rings. The average molecular weight is 342 g/mol. The molecule has 0 aliphatic carbocycles. The number of nitrogens with zero attached hydrogens (tertiary/aromatic N) is 2. The molecular weight excluding hydrogens is 324 g/mol. The van der Waals surface area contributed by atoms with Crippen molar-refractivity contribution in [2.45, 2.75) is 19.9 Å². The molecule has 0 spiro atoms. The number of fused-ring (bicyclic) bond motifs is 1. The molecule has 7 heteroatoms. The molecule has 0 saturated heterocycles. The Morgan fingerprint density at radius 3 is 2.44 bits per heavy atom. The first-order valence-electron chi connectivity index (χ1n) is 7.49. The Morgan fingerprint density at radius 1 is 1.12 bits per heavy atom. The number of aryl methyl sites for hydroxylation is 2. The van der Waals surface area contributed by atoms with Gasteiger partial charge in [-0.2, -0.15) is 4.98 Å². The fraction of sp³-hybridized carbons (Fsp3) is 0.167. The summed E-state index contributed by atoms with van der Waals surface area (Å²) in [7, 11) is 0. The first-order valence-corrected chi connectivity index (χ1v) is 7.49. The van der Waals surface area contributed by atoms with E-state index in [-0.39, 0.29) is 35.7 Å². The number of phenols is 2. The van der Waals surface area contributed by atoms with Gasteiger partial charge in [0.15, 0.2) is 17.3 Å². The number of Topliss-reactive ketones (excluding diaryl/α,β-unsaturated/α-hetero) is 1. The molecule has 0 saturated carbocycles. The van der Waals surface area contributed by atoms with Crippen molar-refractivity contribution in [2.75, 3.05) is 0 Å². The van der Waals surface area contributed by atoms with E-state index < -0.39 is 5.69 Å². The standard InChI is InChI=1S/C18H16N2O4.H2O/c1-11-13-9-16(22)17(23)10-14(13)20(18(24)19-11)8-7-15(21)12-5-3-2-4-6-12;/h2-6,9-10,22-23H,7-8H2,1H3;1H2. The van der Waals surface area contributed by atoms with Crippen molar-refractivity contribution < 1.29 is 20.5 Å². The number of rotatable bonds is 4. The van der Waals surface area contributed by atoms with E-state index in [0.717, 1.165) is 0 Å². The Labute approximate surface area is 143 Å². The van der Waals surface area contributed by atoms with Crippen LogP contribution in [0.3, 0.4) is 0 Å². The second-order valence-electron chi connectivity index (χ2n) is 5.53. The minimum absolute atomic E-state index is 0. The minimum atomic E-state index is -0.494. The number of carbonyl (C=O) groups excluding carboxylic acids is 1. The third kappa shape index (κ3) is 3.51. The van der Waals surface area contributed by atoms with Crippen LogP contribution in [-0.4, -0.2) is 31.0 Å². The predicted octanol–water partition coefficient (Wildman–Crippen LogP) is 1.56. The molecule has 0 radical (unpaired) electrons. The maximum absolute atomic E-state index is 12.2. The lowest BCUT2D eigenvalue weighted by molar-refractivity contribution is 0.0977. The first-order chi connectivity index (χ1) is 11.5. The molecule has 0 aliphatic heterocycles. The van der Waals surface area contributed by atoms with Crippen LogP contribution in [0.4, 0.5) is 0 Å². The molecule has 2 aromatic carbocycles. The lowest BCUT2D eigenvalue weighted by Gasteiger charge is -2.12. The van der Waals surface area contributed by atoms with E-state index in [4.69, 9.17) is 0 Å². The second-order valence-corrected chi connectivity index (χ2v) is 5.53. The maximum atomic E-state index is 12.2. The van der Waals surface area contributed by atoms with Gasteiger partial charge in [0, 0.05) is 30.0 Å². The zero-order chi connectivity index (χ0) is 17.3. The average Bonchev–Trinajstić information content (AvgIpc) is 2.57. The fourth-order valence-electron chi connectivity index (χ4n) is 2.64. The van der Waals surface area contributed by atoms with Gasteiger partial charge in [-0.25, -0.2) is 4.79 Å². The van der Waals surface area contributed by atoms with Crippen LogP contribution in [0.2, 0.25) is 0 Å². The Bertz CT molecular complexity index is 980. The molecule has 7 nitrogen and oxygen atoms in total. The van der Waals surface area contributed by atoms with Gasteiger partial charge in [-0.15, -0.1) is 0 Å². The number of carbonyl (C=O) groups is 1.